The molecule has 0 bridgehead atoms. The predicted octanol–water partition coefficient (Wildman–Crippen LogP) is 4.17. The molecule has 8 heteroatoms. The van der Waals surface area contributed by atoms with Crippen molar-refractivity contribution in [2.75, 3.05) is 37.4 Å². The molecule has 1 N–H and O–H groups in total. The second kappa shape index (κ2) is 7.76. The maximum absolute atomic E-state index is 13.9. The molecule has 26 heavy (non-hydrogen) atoms. The summed E-state index contributed by atoms with van der Waals surface area (Å²) in [6.07, 6.45) is 0. The number of likely N-dealkylation sites (N-methyl/N-ethyl adjacent to an activating group) is 1. The lowest BCUT2D eigenvalue weighted by Crippen LogP contribution is -2.39. The second-order valence-corrected chi connectivity index (χ2v) is 6.98. The van der Waals surface area contributed by atoms with Crippen LogP contribution in [0.4, 0.5) is 24.4 Å². The molecule has 1 aromatic heterocycles. The van der Waals surface area contributed by atoms with E-state index >= 15 is 0 Å². The number of nitrogens with zero attached hydrogens (tertiary/aromatic N) is 3. The first-order valence-electron chi connectivity index (χ1n) is 7.98. The Morgan fingerprint density at radius 1 is 1.15 bits per heavy atom. The van der Waals surface area contributed by atoms with Crippen molar-refractivity contribution in [3.8, 4) is 0 Å². The minimum atomic E-state index is -0.824. The third kappa shape index (κ3) is 4.14. The average Bonchev–Trinajstić information content (AvgIpc) is 3.01. The molecule has 5 nitrogen and oxygen atoms in total. The van der Waals surface area contributed by atoms with Crippen molar-refractivity contribution in [2.45, 2.75) is 0 Å². The molecule has 2 aromatic carbocycles. The van der Waals surface area contributed by atoms with E-state index in [2.05, 4.69) is 10.3 Å². The Morgan fingerprint density at radius 3 is 2.62 bits per heavy atom. The van der Waals surface area contributed by atoms with Crippen LogP contribution in [0, 0.1) is 11.6 Å². The summed E-state index contributed by atoms with van der Waals surface area (Å²) in [6.45, 7) is 0.983. The van der Waals surface area contributed by atoms with Gasteiger partial charge in [-0.1, -0.05) is 23.5 Å². The Bertz CT molecular complexity index is 895. The summed E-state index contributed by atoms with van der Waals surface area (Å²) in [6, 6.07) is 10.1. The number of hydrogen-bond acceptors (Lipinski definition) is 4. The normalized spacial score (nSPS) is 11.1. The smallest absolute Gasteiger partial charge is 0.308 e. The summed E-state index contributed by atoms with van der Waals surface area (Å²) in [7, 11) is 3.79. The van der Waals surface area contributed by atoms with Crippen molar-refractivity contribution >= 4 is 38.4 Å². The Morgan fingerprint density at radius 2 is 1.92 bits per heavy atom. The monoisotopic (exact) mass is 376 g/mol. The molecule has 0 atom stereocenters. The molecule has 3 rings (SSSR count). The first-order chi connectivity index (χ1) is 12.4. The van der Waals surface area contributed by atoms with Crippen molar-refractivity contribution < 1.29 is 13.6 Å². The Labute approximate surface area is 153 Å². The number of carbonyl (C=O) groups excluding carboxylic acids is 1. The number of amides is 2. The lowest BCUT2D eigenvalue weighted by atomic mass is 10.3. The molecule has 0 fully saturated rings. The zero-order chi connectivity index (χ0) is 18.7. The van der Waals surface area contributed by atoms with Gasteiger partial charge in [0.15, 0.2) is 5.13 Å². The summed E-state index contributed by atoms with van der Waals surface area (Å²) in [5, 5.41) is 3.02. The van der Waals surface area contributed by atoms with E-state index in [1.54, 1.807) is 0 Å². The molecule has 0 saturated heterocycles. The molecule has 2 amide bonds. The molecule has 0 radical (unpaired) electrons. The van der Waals surface area contributed by atoms with E-state index in [-0.39, 0.29) is 5.69 Å². The Hall–Kier alpha value is -2.58. The van der Waals surface area contributed by atoms with E-state index < -0.39 is 17.7 Å². The van der Waals surface area contributed by atoms with Crippen LogP contribution in [0.5, 0.6) is 0 Å². The lowest BCUT2D eigenvalue weighted by molar-refractivity contribution is 0.256. The fraction of sp³-hybridized carbons (Fsp3) is 0.222. The maximum Gasteiger partial charge on any atom is 0.328 e. The number of urea groups is 1. The van der Waals surface area contributed by atoms with E-state index in [4.69, 9.17) is 0 Å². The van der Waals surface area contributed by atoms with E-state index in [0.717, 1.165) is 22.3 Å². The number of nitrogens with one attached hydrogen (secondary N) is 1. The molecular formula is C18H18F2N4OS. The average molecular weight is 376 g/mol. The van der Waals surface area contributed by atoms with Crippen LogP contribution in [0.25, 0.3) is 10.2 Å². The number of aromatic nitrogens is 1. The second-order valence-electron chi connectivity index (χ2n) is 5.97. The molecular weight excluding hydrogens is 358 g/mol. The van der Waals surface area contributed by atoms with Crippen LogP contribution in [0.2, 0.25) is 0 Å². The summed E-state index contributed by atoms with van der Waals surface area (Å²) < 4.78 is 27.9. The molecule has 0 unspecified atom stereocenters. The van der Waals surface area contributed by atoms with Gasteiger partial charge in [0.25, 0.3) is 0 Å². The lowest BCUT2D eigenvalue weighted by Gasteiger charge is -2.22. The topological polar surface area (TPSA) is 48.5 Å². The van der Waals surface area contributed by atoms with Gasteiger partial charge in [0.1, 0.15) is 11.6 Å². The predicted molar refractivity (Wildman–Crippen MR) is 101 cm³/mol. The maximum atomic E-state index is 13.9. The van der Waals surface area contributed by atoms with Crippen molar-refractivity contribution in [2.24, 2.45) is 0 Å². The first-order valence-corrected chi connectivity index (χ1v) is 8.79. The minimum Gasteiger partial charge on any atom is -0.308 e. The van der Waals surface area contributed by atoms with Gasteiger partial charge in [-0.25, -0.2) is 18.6 Å². The van der Waals surface area contributed by atoms with E-state index in [0.29, 0.717) is 18.2 Å². The van der Waals surface area contributed by atoms with Gasteiger partial charge in [-0.15, -0.1) is 0 Å². The number of para-hydroxylation sites is 1. The van der Waals surface area contributed by atoms with Gasteiger partial charge in [0.05, 0.1) is 15.9 Å². The number of thiazole rings is 1. The molecule has 3 aromatic rings. The summed E-state index contributed by atoms with van der Waals surface area (Å²) in [5.74, 6) is -1.52. The largest absolute Gasteiger partial charge is 0.328 e. The number of fused-ring (bicyclic) bond motifs is 1. The van der Waals surface area contributed by atoms with Crippen LogP contribution in [0.1, 0.15) is 0 Å². The van der Waals surface area contributed by atoms with Crippen LogP contribution in [-0.4, -0.2) is 43.1 Å². The first kappa shape index (κ1) is 18.2. The number of anilines is 2. The van der Waals surface area contributed by atoms with Crippen LogP contribution in [-0.2, 0) is 0 Å². The van der Waals surface area contributed by atoms with Crippen molar-refractivity contribution in [1.29, 1.82) is 0 Å². The Balaban J connectivity index is 1.88. The van der Waals surface area contributed by atoms with Gasteiger partial charge in [0, 0.05) is 19.2 Å². The highest BCUT2D eigenvalue weighted by molar-refractivity contribution is 7.22. The molecule has 0 aliphatic heterocycles. The van der Waals surface area contributed by atoms with Crippen molar-refractivity contribution in [3.05, 3.63) is 54.1 Å². The fourth-order valence-electron chi connectivity index (χ4n) is 2.33. The van der Waals surface area contributed by atoms with Gasteiger partial charge >= 0.3 is 6.03 Å². The highest BCUT2D eigenvalue weighted by Crippen LogP contribution is 2.29. The molecule has 0 aliphatic carbocycles. The highest BCUT2D eigenvalue weighted by Gasteiger charge is 2.21. The van der Waals surface area contributed by atoms with Crippen molar-refractivity contribution in [1.82, 2.24) is 9.88 Å². The molecule has 1 heterocycles. The zero-order valence-electron chi connectivity index (χ0n) is 14.4. The number of benzene rings is 2. The number of carbonyl (C=O) groups is 1. The van der Waals surface area contributed by atoms with Crippen LogP contribution >= 0.6 is 11.3 Å². The van der Waals surface area contributed by atoms with Gasteiger partial charge < -0.3 is 10.2 Å². The summed E-state index contributed by atoms with van der Waals surface area (Å²) in [4.78, 5) is 20.6. The zero-order valence-corrected chi connectivity index (χ0v) is 15.2. The molecule has 0 saturated carbocycles. The number of rotatable bonds is 5. The summed E-state index contributed by atoms with van der Waals surface area (Å²) in [5.41, 5.74) is 0.718. The molecule has 0 spiro atoms. The van der Waals surface area contributed by atoms with Gasteiger partial charge in [0.2, 0.25) is 0 Å². The molecule has 136 valence electrons. The Kier molecular flexibility index (Phi) is 5.43. The third-order valence-electron chi connectivity index (χ3n) is 3.70. The fourth-order valence-corrected chi connectivity index (χ4v) is 3.32. The number of halogens is 2. The standard InChI is InChI=1S/C18H18F2N4OS/c1-23(2)9-10-24(18-22-15-5-3-4-6-16(15)26-18)17(25)21-14-8-7-12(19)11-13(14)20/h3-8,11H,9-10H2,1-2H3,(H,21,25). The quantitative estimate of drug-likeness (QED) is 0.727. The minimum absolute atomic E-state index is 0.0765. The van der Waals surface area contributed by atoms with E-state index in [1.165, 1.54) is 22.3 Å². The molecule has 0 aliphatic rings. The SMILES string of the molecule is CN(C)CCN(C(=O)Nc1ccc(F)cc1F)c1nc2ccccc2s1. The van der Waals surface area contributed by atoms with Gasteiger partial charge in [-0.05, 0) is 38.4 Å². The van der Waals surface area contributed by atoms with Crippen molar-refractivity contribution in [3.63, 3.8) is 0 Å². The van der Waals surface area contributed by atoms with E-state index in [1.807, 2.05) is 43.3 Å². The third-order valence-corrected chi connectivity index (χ3v) is 4.76. The number of hydrogen-bond donors (Lipinski definition) is 1. The summed E-state index contributed by atoms with van der Waals surface area (Å²) >= 11 is 1.38. The van der Waals surface area contributed by atoms with Gasteiger partial charge in [-0.3, -0.25) is 4.90 Å². The van der Waals surface area contributed by atoms with Crippen LogP contribution in [0.3, 0.4) is 0 Å². The van der Waals surface area contributed by atoms with Crippen LogP contribution < -0.4 is 10.2 Å². The highest BCUT2D eigenvalue weighted by atomic mass is 32.1. The van der Waals surface area contributed by atoms with Gasteiger partial charge in [-0.2, -0.15) is 0 Å². The van der Waals surface area contributed by atoms with E-state index in [9.17, 15) is 13.6 Å². The van der Waals surface area contributed by atoms with Crippen LogP contribution in [0.15, 0.2) is 42.5 Å².